The van der Waals surface area contributed by atoms with Gasteiger partial charge in [0.05, 0.1) is 0 Å². The number of hydrogen-bond donors (Lipinski definition) is 0. The summed E-state index contributed by atoms with van der Waals surface area (Å²) in [6, 6.07) is 8.47. The Kier molecular flexibility index (Phi) is 3.69. The highest BCUT2D eigenvalue weighted by molar-refractivity contribution is 7.01. The highest BCUT2D eigenvalue weighted by Crippen LogP contribution is 2.10. The second-order valence-electron chi connectivity index (χ2n) is 2.99. The van der Waals surface area contributed by atoms with Gasteiger partial charge in [-0.15, -0.1) is 3.69 Å². The number of halogens is 1. The molecule has 0 nitrogen and oxygen atoms in total. The van der Waals surface area contributed by atoms with E-state index in [2.05, 4.69) is 38.1 Å². The Bertz CT molecular complexity index is 233. The van der Waals surface area contributed by atoms with E-state index in [1.54, 1.807) is 0 Å². The summed E-state index contributed by atoms with van der Waals surface area (Å²) < 4.78 is 1.39. The van der Waals surface area contributed by atoms with Crippen molar-refractivity contribution < 1.29 is 0 Å². The maximum atomic E-state index is 5.92. The molecule has 0 aromatic heterocycles. The van der Waals surface area contributed by atoms with Crippen LogP contribution in [0.2, 0.25) is 0 Å². The van der Waals surface area contributed by atoms with E-state index in [1.807, 2.05) is 0 Å². The van der Waals surface area contributed by atoms with Crippen LogP contribution < -0.4 is 3.69 Å². The number of rotatable bonds is 2. The highest BCUT2D eigenvalue weighted by Gasteiger charge is 2.05. The zero-order valence-electron chi connectivity index (χ0n) is 6.97. The topological polar surface area (TPSA) is 0 Å². The lowest BCUT2D eigenvalue weighted by atomic mass is 10.0. The molecule has 0 radical (unpaired) electrons. The molecule has 0 saturated carbocycles. The van der Waals surface area contributed by atoms with E-state index in [4.69, 9.17) is 9.07 Å². The fraction of sp³-hybridized carbons (Fsp3) is 0.333. The molecule has 0 N–H and O–H groups in total. The molecule has 0 aliphatic carbocycles. The summed E-state index contributed by atoms with van der Waals surface area (Å²) in [6.45, 7) is 4.42. The van der Waals surface area contributed by atoms with Crippen molar-refractivity contribution in [2.45, 2.75) is 19.8 Å². The van der Waals surface area contributed by atoms with Crippen LogP contribution in [0.25, 0.3) is 0 Å². The van der Waals surface area contributed by atoms with Gasteiger partial charge < -0.3 is 9.07 Å². The minimum Gasteiger partial charge on any atom is -0.336 e. The SMILES string of the molecule is CC(C)c1cccc[c]1[Mg][Cl]. The Hall–Kier alpha value is 0.276. The molecule has 11 heavy (non-hydrogen) atoms. The molecule has 2 heteroatoms. The molecular formula is C9H11ClMg. The predicted octanol–water partition coefficient (Wildman–Crippen LogP) is 2.29. The third-order valence-corrected chi connectivity index (χ3v) is 3.62. The predicted molar refractivity (Wildman–Crippen MR) is 51.8 cm³/mol. The van der Waals surface area contributed by atoms with Gasteiger partial charge in [0.2, 0.25) is 0 Å². The molecule has 0 aliphatic rings. The summed E-state index contributed by atoms with van der Waals surface area (Å²) >= 11 is -0.508. The van der Waals surface area contributed by atoms with Gasteiger partial charge in [0.15, 0.2) is 0 Å². The molecule has 0 spiro atoms. The second kappa shape index (κ2) is 4.34. The minimum atomic E-state index is -0.508. The van der Waals surface area contributed by atoms with E-state index in [0.717, 1.165) is 0 Å². The molecule has 0 amide bonds. The molecule has 0 atom stereocenters. The zero-order valence-corrected chi connectivity index (χ0v) is 9.14. The van der Waals surface area contributed by atoms with Gasteiger partial charge in [-0.05, 0) is 5.92 Å². The summed E-state index contributed by atoms with van der Waals surface area (Å²) in [5.74, 6) is 0.609. The summed E-state index contributed by atoms with van der Waals surface area (Å²) in [7, 11) is 5.92. The van der Waals surface area contributed by atoms with Crippen molar-refractivity contribution in [1.29, 1.82) is 0 Å². The first-order chi connectivity index (χ1) is 5.25. The monoisotopic (exact) mass is 178 g/mol. The van der Waals surface area contributed by atoms with Gasteiger partial charge in [-0.3, -0.25) is 0 Å². The molecule has 56 valence electrons. The molecule has 0 bridgehead atoms. The lowest BCUT2D eigenvalue weighted by molar-refractivity contribution is 0.873. The maximum absolute atomic E-state index is 5.92. The van der Waals surface area contributed by atoms with Crippen molar-refractivity contribution >= 4 is 32.0 Å². The van der Waals surface area contributed by atoms with Crippen LogP contribution >= 0.6 is 9.07 Å². The van der Waals surface area contributed by atoms with Crippen LogP contribution in [0.1, 0.15) is 25.3 Å². The Morgan fingerprint density at radius 3 is 2.36 bits per heavy atom. The third kappa shape index (κ3) is 2.36. The van der Waals surface area contributed by atoms with Crippen LogP contribution in [-0.4, -0.2) is 19.3 Å². The van der Waals surface area contributed by atoms with Crippen LogP contribution in [0.3, 0.4) is 0 Å². The summed E-state index contributed by atoms with van der Waals surface area (Å²) in [5, 5.41) is 0. The summed E-state index contributed by atoms with van der Waals surface area (Å²) in [4.78, 5) is 0. The first-order valence-corrected chi connectivity index (χ1v) is 6.74. The Morgan fingerprint density at radius 2 is 1.91 bits per heavy atom. The molecule has 0 fully saturated rings. The van der Waals surface area contributed by atoms with Crippen molar-refractivity contribution in [2.24, 2.45) is 0 Å². The third-order valence-electron chi connectivity index (χ3n) is 1.82. The van der Waals surface area contributed by atoms with Crippen LogP contribution in [0.15, 0.2) is 24.3 Å². The van der Waals surface area contributed by atoms with Crippen molar-refractivity contribution in [3.05, 3.63) is 29.8 Å². The lowest BCUT2D eigenvalue weighted by Gasteiger charge is -2.09. The quantitative estimate of drug-likeness (QED) is 0.611. The van der Waals surface area contributed by atoms with E-state index < -0.39 is 19.3 Å². The molecule has 1 aromatic rings. The Morgan fingerprint density at radius 1 is 1.27 bits per heavy atom. The van der Waals surface area contributed by atoms with E-state index in [0.29, 0.717) is 5.92 Å². The fourth-order valence-electron chi connectivity index (χ4n) is 1.22. The number of benzene rings is 1. The Labute approximate surface area is 81.5 Å². The largest absolute Gasteiger partial charge is 0.538 e. The number of hydrogen-bond acceptors (Lipinski definition) is 0. The molecular weight excluding hydrogens is 168 g/mol. The van der Waals surface area contributed by atoms with E-state index in [-0.39, 0.29) is 0 Å². The van der Waals surface area contributed by atoms with Gasteiger partial charge >= 0.3 is 19.3 Å². The van der Waals surface area contributed by atoms with Gasteiger partial charge in [-0.1, -0.05) is 43.7 Å². The van der Waals surface area contributed by atoms with E-state index in [9.17, 15) is 0 Å². The van der Waals surface area contributed by atoms with Crippen molar-refractivity contribution in [3.8, 4) is 0 Å². The van der Waals surface area contributed by atoms with E-state index >= 15 is 0 Å². The van der Waals surface area contributed by atoms with Crippen LogP contribution in [0, 0.1) is 0 Å². The van der Waals surface area contributed by atoms with Gasteiger partial charge in [-0.2, -0.15) is 0 Å². The first-order valence-electron chi connectivity index (χ1n) is 3.89. The molecule has 0 unspecified atom stereocenters. The van der Waals surface area contributed by atoms with Crippen molar-refractivity contribution in [2.75, 3.05) is 0 Å². The van der Waals surface area contributed by atoms with Gasteiger partial charge in [0, 0.05) is 0 Å². The van der Waals surface area contributed by atoms with Crippen molar-refractivity contribution in [3.63, 3.8) is 0 Å². The maximum Gasteiger partial charge on any atom is 0.538 e. The average molecular weight is 179 g/mol. The lowest BCUT2D eigenvalue weighted by Crippen LogP contribution is -2.15. The van der Waals surface area contributed by atoms with Crippen LogP contribution in [-0.2, 0) is 0 Å². The fourth-order valence-corrected chi connectivity index (χ4v) is 2.85. The smallest absolute Gasteiger partial charge is 0.336 e. The molecule has 0 saturated heterocycles. The molecule has 1 rings (SSSR count). The standard InChI is InChI=1S/C9H11.ClH.Mg/c1-8(2)9-6-4-3-5-7-9;;/h3-6,8H,1-2H3;1H;/q;;+1/p-1. The normalized spacial score (nSPS) is 9.82. The zero-order chi connectivity index (χ0) is 8.27. The van der Waals surface area contributed by atoms with Gasteiger partial charge in [0.25, 0.3) is 0 Å². The summed E-state index contributed by atoms with van der Waals surface area (Å²) in [5.41, 5.74) is 1.43. The van der Waals surface area contributed by atoms with Crippen LogP contribution in [0.5, 0.6) is 0 Å². The van der Waals surface area contributed by atoms with Gasteiger partial charge in [0.1, 0.15) is 0 Å². The molecule has 0 heterocycles. The minimum absolute atomic E-state index is 0.508. The van der Waals surface area contributed by atoms with Crippen molar-refractivity contribution in [1.82, 2.24) is 0 Å². The second-order valence-corrected chi connectivity index (χ2v) is 4.82. The average Bonchev–Trinajstić information content (AvgIpc) is 2.04. The van der Waals surface area contributed by atoms with E-state index in [1.165, 1.54) is 9.26 Å². The Balaban J connectivity index is 3.02. The first kappa shape index (κ1) is 9.36. The van der Waals surface area contributed by atoms with Gasteiger partial charge in [-0.25, -0.2) is 0 Å². The highest BCUT2D eigenvalue weighted by atomic mass is 35.5. The summed E-state index contributed by atoms with van der Waals surface area (Å²) in [6.07, 6.45) is 0. The van der Waals surface area contributed by atoms with Crippen LogP contribution in [0.4, 0.5) is 0 Å². The molecule has 1 aromatic carbocycles. The molecule has 0 aliphatic heterocycles.